The lowest BCUT2D eigenvalue weighted by atomic mass is 10.1. The minimum Gasteiger partial charge on any atom is -0.465 e. The molecule has 1 heterocycles. The number of rotatable bonds is 5. The van der Waals surface area contributed by atoms with Gasteiger partial charge in [0.1, 0.15) is 0 Å². The van der Waals surface area contributed by atoms with Gasteiger partial charge in [-0.15, -0.1) is 10.2 Å². The molecule has 3 rings (SSSR count). The molecule has 2 aromatic carbocycles. The van der Waals surface area contributed by atoms with Crippen LogP contribution in [0.3, 0.4) is 0 Å². The van der Waals surface area contributed by atoms with Crippen LogP contribution in [0.2, 0.25) is 0 Å². The van der Waals surface area contributed by atoms with Crippen LogP contribution in [0.5, 0.6) is 0 Å². The van der Waals surface area contributed by atoms with E-state index in [9.17, 15) is 4.79 Å². The number of ether oxygens (including phenoxy) is 1. The topological polar surface area (TPSA) is 69.0 Å². The number of methoxy groups -OCH3 is 1. The minimum absolute atomic E-state index is 0.342. The first kappa shape index (κ1) is 16.7. The molecular weight excluding hydrogens is 316 g/mol. The van der Waals surface area contributed by atoms with E-state index in [0.717, 1.165) is 28.5 Å². The Bertz CT molecular complexity index is 888. The Labute approximate surface area is 146 Å². The Kier molecular flexibility index (Phi) is 4.79. The van der Waals surface area contributed by atoms with Crippen molar-refractivity contribution in [1.29, 1.82) is 0 Å². The first-order chi connectivity index (χ1) is 12.1. The first-order valence-corrected chi connectivity index (χ1v) is 7.96. The maximum Gasteiger partial charge on any atom is 0.338 e. The highest BCUT2D eigenvalue weighted by atomic mass is 16.5. The van der Waals surface area contributed by atoms with E-state index in [-0.39, 0.29) is 5.97 Å². The number of aryl methyl sites for hydroxylation is 1. The summed E-state index contributed by atoms with van der Waals surface area (Å²) in [6.07, 6.45) is 0. The normalized spacial score (nSPS) is 10.5. The van der Waals surface area contributed by atoms with Gasteiger partial charge in [0, 0.05) is 18.3 Å². The zero-order valence-electron chi connectivity index (χ0n) is 14.5. The molecule has 0 radical (unpaired) electrons. The molecule has 0 atom stereocenters. The molecule has 6 nitrogen and oxygen atoms in total. The third-order valence-corrected chi connectivity index (χ3v) is 4.09. The molecule has 1 aromatic heterocycles. The van der Waals surface area contributed by atoms with E-state index in [2.05, 4.69) is 15.5 Å². The summed E-state index contributed by atoms with van der Waals surface area (Å²) in [4.78, 5) is 11.8. The van der Waals surface area contributed by atoms with E-state index < -0.39 is 0 Å². The summed E-state index contributed by atoms with van der Waals surface area (Å²) in [5.41, 5.74) is 3.28. The number of hydrogen-bond donors (Lipinski definition) is 1. The number of nitrogens with zero attached hydrogens (tertiary/aromatic N) is 3. The summed E-state index contributed by atoms with van der Waals surface area (Å²) in [5, 5.41) is 11.8. The Morgan fingerprint density at radius 2 is 1.92 bits per heavy atom. The van der Waals surface area contributed by atoms with Gasteiger partial charge >= 0.3 is 5.97 Å². The number of carbonyl (C=O) groups is 1. The van der Waals surface area contributed by atoms with Crippen LogP contribution in [0.4, 0.5) is 5.69 Å². The van der Waals surface area contributed by atoms with Crippen molar-refractivity contribution in [3.8, 4) is 11.4 Å². The molecular formula is C19H20N4O2. The van der Waals surface area contributed by atoms with E-state index in [1.807, 2.05) is 61.0 Å². The van der Waals surface area contributed by atoms with Gasteiger partial charge in [-0.1, -0.05) is 36.4 Å². The van der Waals surface area contributed by atoms with Gasteiger partial charge in [-0.25, -0.2) is 4.79 Å². The van der Waals surface area contributed by atoms with Gasteiger partial charge in [0.15, 0.2) is 11.6 Å². The minimum atomic E-state index is -0.342. The highest BCUT2D eigenvalue weighted by molar-refractivity contribution is 5.92. The summed E-state index contributed by atoms with van der Waals surface area (Å²) in [7, 11) is 3.32. The summed E-state index contributed by atoms with van der Waals surface area (Å²) < 4.78 is 6.77. The third kappa shape index (κ3) is 3.52. The maximum absolute atomic E-state index is 11.8. The quantitative estimate of drug-likeness (QED) is 0.725. The monoisotopic (exact) mass is 336 g/mol. The number of nitrogens with one attached hydrogen (secondary N) is 1. The lowest BCUT2D eigenvalue weighted by Gasteiger charge is -2.10. The van der Waals surface area contributed by atoms with E-state index in [1.165, 1.54) is 7.11 Å². The smallest absolute Gasteiger partial charge is 0.338 e. The van der Waals surface area contributed by atoms with Crippen LogP contribution >= 0.6 is 0 Å². The fraction of sp³-hybridized carbons (Fsp3) is 0.211. The number of anilines is 1. The molecule has 1 N–H and O–H groups in total. The summed E-state index contributed by atoms with van der Waals surface area (Å²) >= 11 is 0. The molecule has 3 aromatic rings. The molecule has 25 heavy (non-hydrogen) atoms. The molecule has 0 saturated heterocycles. The molecule has 0 spiro atoms. The first-order valence-electron chi connectivity index (χ1n) is 7.96. The van der Waals surface area contributed by atoms with Crippen LogP contribution in [0, 0.1) is 6.92 Å². The largest absolute Gasteiger partial charge is 0.465 e. The van der Waals surface area contributed by atoms with Crippen molar-refractivity contribution in [3.05, 3.63) is 65.5 Å². The van der Waals surface area contributed by atoms with Gasteiger partial charge in [0.2, 0.25) is 0 Å². The van der Waals surface area contributed by atoms with E-state index in [0.29, 0.717) is 12.1 Å². The van der Waals surface area contributed by atoms with Crippen LogP contribution in [0.25, 0.3) is 11.4 Å². The average molecular weight is 336 g/mol. The van der Waals surface area contributed by atoms with Crippen molar-refractivity contribution in [2.75, 3.05) is 12.4 Å². The molecule has 0 saturated carbocycles. The molecule has 0 aliphatic heterocycles. The predicted octanol–water partition coefficient (Wildman–Crippen LogP) is 3.19. The standard InChI is InChI=1S/C19H20N4O2/c1-13-9-10-15(11-16(13)19(24)25-3)20-12-17-21-22-18(23(17)2)14-7-5-4-6-8-14/h4-11,20H,12H2,1-3H3. The van der Waals surface area contributed by atoms with E-state index in [4.69, 9.17) is 4.74 Å². The number of benzene rings is 2. The van der Waals surface area contributed by atoms with Crippen LogP contribution in [0.1, 0.15) is 21.7 Å². The number of carbonyl (C=O) groups excluding carboxylic acids is 1. The van der Waals surface area contributed by atoms with Gasteiger partial charge in [0.25, 0.3) is 0 Å². The fourth-order valence-corrected chi connectivity index (χ4v) is 2.60. The van der Waals surface area contributed by atoms with Crippen molar-refractivity contribution in [2.24, 2.45) is 7.05 Å². The Hall–Kier alpha value is -3.15. The number of esters is 1. The predicted molar refractivity (Wildman–Crippen MR) is 96.3 cm³/mol. The van der Waals surface area contributed by atoms with Crippen LogP contribution < -0.4 is 5.32 Å². The summed E-state index contributed by atoms with van der Waals surface area (Å²) in [6.45, 7) is 2.38. The van der Waals surface area contributed by atoms with Crippen LogP contribution in [0.15, 0.2) is 48.5 Å². The number of hydrogen-bond acceptors (Lipinski definition) is 5. The molecule has 0 fully saturated rings. The third-order valence-electron chi connectivity index (χ3n) is 4.09. The zero-order valence-corrected chi connectivity index (χ0v) is 14.5. The molecule has 0 bridgehead atoms. The second-order valence-corrected chi connectivity index (χ2v) is 5.74. The lowest BCUT2D eigenvalue weighted by molar-refractivity contribution is 0.0600. The van der Waals surface area contributed by atoms with E-state index >= 15 is 0 Å². The second kappa shape index (κ2) is 7.17. The second-order valence-electron chi connectivity index (χ2n) is 5.74. The van der Waals surface area contributed by atoms with Gasteiger partial charge in [-0.2, -0.15) is 0 Å². The summed E-state index contributed by atoms with van der Waals surface area (Å²) in [6, 6.07) is 15.5. The van der Waals surface area contributed by atoms with E-state index in [1.54, 1.807) is 6.07 Å². The maximum atomic E-state index is 11.8. The number of aromatic nitrogens is 3. The SMILES string of the molecule is COC(=O)c1cc(NCc2nnc(-c3ccccc3)n2C)ccc1C. The summed E-state index contributed by atoms with van der Waals surface area (Å²) in [5.74, 6) is 1.28. The van der Waals surface area contributed by atoms with Crippen molar-refractivity contribution in [3.63, 3.8) is 0 Å². The lowest BCUT2D eigenvalue weighted by Crippen LogP contribution is -2.09. The Balaban J connectivity index is 1.77. The molecule has 0 aliphatic carbocycles. The molecule has 128 valence electrons. The van der Waals surface area contributed by atoms with Crippen molar-refractivity contribution in [2.45, 2.75) is 13.5 Å². The van der Waals surface area contributed by atoms with Gasteiger partial charge in [-0.3, -0.25) is 0 Å². The van der Waals surface area contributed by atoms with Gasteiger partial charge in [0.05, 0.1) is 19.2 Å². The Morgan fingerprint density at radius 3 is 2.64 bits per heavy atom. The van der Waals surface area contributed by atoms with Crippen molar-refractivity contribution >= 4 is 11.7 Å². The zero-order chi connectivity index (χ0) is 17.8. The van der Waals surface area contributed by atoms with Crippen molar-refractivity contribution < 1.29 is 9.53 Å². The van der Waals surface area contributed by atoms with Gasteiger partial charge < -0.3 is 14.6 Å². The highest BCUT2D eigenvalue weighted by Gasteiger charge is 2.12. The molecule has 0 unspecified atom stereocenters. The van der Waals surface area contributed by atoms with Crippen LogP contribution in [-0.4, -0.2) is 27.8 Å². The molecule has 0 amide bonds. The van der Waals surface area contributed by atoms with Crippen molar-refractivity contribution in [1.82, 2.24) is 14.8 Å². The average Bonchev–Trinajstić information content (AvgIpc) is 3.01. The molecule has 6 heteroatoms. The van der Waals surface area contributed by atoms with Crippen LogP contribution in [-0.2, 0) is 18.3 Å². The Morgan fingerprint density at radius 1 is 1.16 bits per heavy atom. The highest BCUT2D eigenvalue weighted by Crippen LogP contribution is 2.19. The van der Waals surface area contributed by atoms with Gasteiger partial charge in [-0.05, 0) is 24.6 Å². The fourth-order valence-electron chi connectivity index (χ4n) is 2.60. The molecule has 0 aliphatic rings.